The van der Waals surface area contributed by atoms with Crippen LogP contribution in [0.4, 0.5) is 0 Å². The van der Waals surface area contributed by atoms with Crippen LogP contribution in [0.15, 0.2) is 206 Å². The molecule has 0 saturated heterocycles. The molecule has 0 unspecified atom stereocenters. The van der Waals surface area contributed by atoms with Crippen LogP contribution in [0, 0.1) is 0 Å². The second kappa shape index (κ2) is 13.1. The molecule has 11 rings (SSSR count). The van der Waals surface area contributed by atoms with Crippen molar-refractivity contribution < 1.29 is 0 Å². The maximum absolute atomic E-state index is 5.11. The number of rotatable bonds is 6. The van der Waals surface area contributed by atoms with Crippen molar-refractivity contribution in [3.63, 3.8) is 0 Å². The molecular weight excluding hydrogens is 681 g/mol. The molecule has 0 fully saturated rings. The molecule has 4 nitrogen and oxygen atoms in total. The van der Waals surface area contributed by atoms with E-state index >= 15 is 0 Å². The number of hydrogen-bond acceptors (Lipinski definition) is 2. The van der Waals surface area contributed by atoms with Gasteiger partial charge in [0.1, 0.15) is 0 Å². The topological polar surface area (TPSA) is 35.6 Å². The zero-order valence-electron chi connectivity index (χ0n) is 30.4. The highest BCUT2D eigenvalue weighted by Crippen LogP contribution is 2.38. The van der Waals surface area contributed by atoms with Crippen molar-refractivity contribution in [2.24, 2.45) is 0 Å². The summed E-state index contributed by atoms with van der Waals surface area (Å²) in [6, 6.07) is 71.1. The molecule has 0 saturated carbocycles. The van der Waals surface area contributed by atoms with Gasteiger partial charge in [-0.05, 0) is 94.7 Å². The summed E-state index contributed by atoms with van der Waals surface area (Å²) in [7, 11) is 0. The molecule has 0 N–H and O–H groups in total. The van der Waals surface area contributed by atoms with Crippen molar-refractivity contribution in [3.05, 3.63) is 206 Å². The van der Waals surface area contributed by atoms with Crippen molar-refractivity contribution in [3.8, 4) is 56.4 Å². The molecular formula is C52H34N4. The molecule has 0 spiro atoms. The summed E-state index contributed by atoms with van der Waals surface area (Å²) in [6.07, 6.45) is 2.17. The van der Waals surface area contributed by atoms with Crippen LogP contribution in [0.1, 0.15) is 0 Å². The van der Waals surface area contributed by atoms with Gasteiger partial charge in [-0.3, -0.25) is 0 Å². The van der Waals surface area contributed by atoms with Crippen LogP contribution in [0.5, 0.6) is 0 Å². The van der Waals surface area contributed by atoms with Crippen molar-refractivity contribution in [1.29, 1.82) is 0 Å². The first-order chi connectivity index (χ1) is 27.7. The van der Waals surface area contributed by atoms with Crippen LogP contribution < -0.4 is 0 Å². The summed E-state index contributed by atoms with van der Waals surface area (Å²) in [4.78, 5) is 10.2. The van der Waals surface area contributed by atoms with Gasteiger partial charge in [-0.25, -0.2) is 9.97 Å². The normalized spacial score (nSPS) is 11.6. The van der Waals surface area contributed by atoms with Gasteiger partial charge < -0.3 is 9.13 Å². The molecule has 4 heteroatoms. The summed E-state index contributed by atoms with van der Waals surface area (Å²) in [5.41, 5.74) is 12.9. The van der Waals surface area contributed by atoms with Crippen LogP contribution >= 0.6 is 0 Å². The Kier molecular flexibility index (Phi) is 7.46. The predicted molar refractivity (Wildman–Crippen MR) is 232 cm³/mol. The Morgan fingerprint density at radius 2 is 0.893 bits per heavy atom. The largest absolute Gasteiger partial charge is 0.317 e. The van der Waals surface area contributed by atoms with E-state index in [2.05, 4.69) is 203 Å². The van der Waals surface area contributed by atoms with Gasteiger partial charge in [-0.2, -0.15) is 0 Å². The lowest BCUT2D eigenvalue weighted by molar-refractivity contribution is 1.13. The van der Waals surface area contributed by atoms with Crippen LogP contribution in [-0.2, 0) is 0 Å². The van der Waals surface area contributed by atoms with Gasteiger partial charge in [0.05, 0.1) is 27.9 Å². The molecule has 0 aliphatic heterocycles. The molecule has 262 valence electrons. The summed E-state index contributed by atoms with van der Waals surface area (Å²) in [5.74, 6) is 0.699. The van der Waals surface area contributed by atoms with Gasteiger partial charge in [-0.1, -0.05) is 127 Å². The lowest BCUT2D eigenvalue weighted by Crippen LogP contribution is -1.96. The molecule has 56 heavy (non-hydrogen) atoms. The monoisotopic (exact) mass is 714 g/mol. The first-order valence-corrected chi connectivity index (χ1v) is 19.0. The average Bonchev–Trinajstić information content (AvgIpc) is 3.83. The van der Waals surface area contributed by atoms with Gasteiger partial charge >= 0.3 is 0 Å². The van der Waals surface area contributed by atoms with E-state index in [1.165, 1.54) is 43.5 Å². The van der Waals surface area contributed by atoms with E-state index in [0.717, 1.165) is 50.6 Å². The number of nitrogens with zero attached hydrogens (tertiary/aromatic N) is 4. The number of benzene rings is 8. The minimum atomic E-state index is 0.699. The Labute approximate surface area is 324 Å². The lowest BCUT2D eigenvalue weighted by atomic mass is 10.0. The maximum Gasteiger partial charge on any atom is 0.160 e. The van der Waals surface area contributed by atoms with E-state index in [1.807, 2.05) is 12.1 Å². The average molecular weight is 715 g/mol. The first kappa shape index (κ1) is 31.9. The van der Waals surface area contributed by atoms with Crippen LogP contribution in [-0.4, -0.2) is 19.1 Å². The number of aromatic nitrogens is 4. The molecule has 0 atom stereocenters. The summed E-state index contributed by atoms with van der Waals surface area (Å²) in [5, 5.41) is 6.16. The Balaban J connectivity index is 1.04. The predicted octanol–water partition coefficient (Wildman–Crippen LogP) is 13.3. The minimum absolute atomic E-state index is 0.699. The second-order valence-electron chi connectivity index (χ2n) is 14.3. The fraction of sp³-hybridized carbons (Fsp3) is 0. The summed E-state index contributed by atoms with van der Waals surface area (Å²) < 4.78 is 4.69. The molecule has 0 amide bonds. The Hall–Kier alpha value is -7.56. The van der Waals surface area contributed by atoms with Gasteiger partial charge in [0, 0.05) is 50.4 Å². The van der Waals surface area contributed by atoms with Crippen molar-refractivity contribution in [2.75, 3.05) is 0 Å². The molecule has 0 radical (unpaired) electrons. The van der Waals surface area contributed by atoms with Crippen LogP contribution in [0.2, 0.25) is 0 Å². The van der Waals surface area contributed by atoms with E-state index in [1.54, 1.807) is 0 Å². The van der Waals surface area contributed by atoms with Crippen molar-refractivity contribution in [2.45, 2.75) is 0 Å². The van der Waals surface area contributed by atoms with E-state index in [-0.39, 0.29) is 0 Å². The quantitative estimate of drug-likeness (QED) is 0.172. The molecule has 0 aliphatic carbocycles. The van der Waals surface area contributed by atoms with Gasteiger partial charge in [-0.15, -0.1) is 0 Å². The minimum Gasteiger partial charge on any atom is -0.317 e. The maximum atomic E-state index is 5.11. The third-order valence-electron chi connectivity index (χ3n) is 10.9. The fourth-order valence-corrected chi connectivity index (χ4v) is 8.19. The van der Waals surface area contributed by atoms with E-state index < -0.39 is 0 Å². The zero-order valence-corrected chi connectivity index (χ0v) is 30.4. The molecule has 8 aromatic carbocycles. The van der Waals surface area contributed by atoms with Gasteiger partial charge in [0.25, 0.3) is 0 Å². The first-order valence-electron chi connectivity index (χ1n) is 19.0. The third kappa shape index (κ3) is 5.47. The molecule has 11 aromatic rings. The third-order valence-corrected chi connectivity index (χ3v) is 10.9. The standard InChI is InChI=1S/C52H34N4/c1-4-14-35(15-5-1)47-34-48(36-16-6-2-7-17-36)54-52(53-47)40-20-12-18-37(28-40)38-19-13-23-44(30-38)56-49-25-11-10-24-45(49)46-31-41-29-39-26-27-55(43-21-8-3-9-22-43)50(39)32-42(41)33-51(46)56/h1-34H. The number of hydrogen-bond donors (Lipinski definition) is 0. The van der Waals surface area contributed by atoms with Crippen LogP contribution in [0.3, 0.4) is 0 Å². The molecule has 0 aliphatic rings. The van der Waals surface area contributed by atoms with Gasteiger partial charge in [0.15, 0.2) is 5.82 Å². The summed E-state index contributed by atoms with van der Waals surface area (Å²) in [6.45, 7) is 0. The lowest BCUT2D eigenvalue weighted by Gasteiger charge is -2.12. The fourth-order valence-electron chi connectivity index (χ4n) is 8.19. The smallest absolute Gasteiger partial charge is 0.160 e. The Bertz CT molecular complexity index is 3170. The molecule has 0 bridgehead atoms. The van der Waals surface area contributed by atoms with Crippen molar-refractivity contribution >= 4 is 43.5 Å². The number of para-hydroxylation sites is 2. The molecule has 3 heterocycles. The summed E-state index contributed by atoms with van der Waals surface area (Å²) >= 11 is 0. The SMILES string of the molecule is c1ccc(-c2cc(-c3ccccc3)nc(-c3cccc(-c4cccc(-n5c6ccccc6c6cc7cc8ccn(-c9ccccc9)c8cc7cc65)c4)c3)n2)cc1. The Morgan fingerprint density at radius 3 is 1.64 bits per heavy atom. The number of fused-ring (bicyclic) bond motifs is 5. The zero-order chi connectivity index (χ0) is 37.0. The highest BCUT2D eigenvalue weighted by molar-refractivity contribution is 6.15. The van der Waals surface area contributed by atoms with Crippen molar-refractivity contribution in [1.82, 2.24) is 19.1 Å². The second-order valence-corrected chi connectivity index (χ2v) is 14.3. The van der Waals surface area contributed by atoms with E-state index in [9.17, 15) is 0 Å². The van der Waals surface area contributed by atoms with E-state index in [4.69, 9.17) is 9.97 Å². The molecule has 3 aromatic heterocycles. The van der Waals surface area contributed by atoms with Crippen LogP contribution in [0.25, 0.3) is 99.9 Å². The Morgan fingerprint density at radius 1 is 0.321 bits per heavy atom. The highest BCUT2D eigenvalue weighted by atomic mass is 15.0. The highest BCUT2D eigenvalue weighted by Gasteiger charge is 2.16. The van der Waals surface area contributed by atoms with E-state index in [0.29, 0.717) is 5.82 Å². The van der Waals surface area contributed by atoms with Gasteiger partial charge in [0.2, 0.25) is 0 Å².